The molecule has 4 rings (SSSR count). The number of aryl methyl sites for hydroxylation is 1. The molecule has 1 amide bonds. The smallest absolute Gasteiger partial charge is 0.418 e. The SMILES string of the molecule is Cc1cc(N)nc(-c2cc3ncnc(N4C(C)CN(C(=O)OC(C)(C)C)CC4C)c3cc2Cl)c1C(F)(F)F. The number of aromatic nitrogens is 3. The Kier molecular flexibility index (Phi) is 7.11. The molecule has 0 saturated carbocycles. The Balaban J connectivity index is 1.76. The minimum absolute atomic E-state index is 0.0458. The topological polar surface area (TPSA) is 97.5 Å². The van der Waals surface area contributed by atoms with E-state index in [-0.39, 0.29) is 45.8 Å². The lowest BCUT2D eigenvalue weighted by Crippen LogP contribution is -2.59. The van der Waals surface area contributed by atoms with Gasteiger partial charge in [-0.15, -0.1) is 0 Å². The Morgan fingerprint density at radius 3 is 2.32 bits per heavy atom. The number of carbonyl (C=O) groups is 1. The Morgan fingerprint density at radius 1 is 1.11 bits per heavy atom. The fourth-order valence-electron chi connectivity index (χ4n) is 4.92. The molecule has 2 unspecified atom stereocenters. The fourth-order valence-corrected chi connectivity index (χ4v) is 5.17. The molecule has 38 heavy (non-hydrogen) atoms. The zero-order valence-electron chi connectivity index (χ0n) is 22.0. The van der Waals surface area contributed by atoms with Crippen LogP contribution in [-0.4, -0.2) is 56.7 Å². The van der Waals surface area contributed by atoms with E-state index in [9.17, 15) is 18.0 Å². The summed E-state index contributed by atoms with van der Waals surface area (Å²) in [6.45, 7) is 11.5. The first-order valence-corrected chi connectivity index (χ1v) is 12.5. The summed E-state index contributed by atoms with van der Waals surface area (Å²) in [5.41, 5.74) is 4.36. The molecule has 0 spiro atoms. The van der Waals surface area contributed by atoms with E-state index in [2.05, 4.69) is 19.9 Å². The number of carbonyl (C=O) groups excluding carboxylic acids is 1. The third-order valence-corrected chi connectivity index (χ3v) is 6.61. The summed E-state index contributed by atoms with van der Waals surface area (Å²) in [5.74, 6) is 0.524. The highest BCUT2D eigenvalue weighted by Crippen LogP contribution is 2.43. The number of anilines is 2. The highest BCUT2D eigenvalue weighted by Gasteiger charge is 2.38. The second kappa shape index (κ2) is 9.76. The number of rotatable bonds is 2. The van der Waals surface area contributed by atoms with Gasteiger partial charge in [-0.25, -0.2) is 19.7 Å². The van der Waals surface area contributed by atoms with Crippen LogP contribution in [0.3, 0.4) is 0 Å². The van der Waals surface area contributed by atoms with Crippen LogP contribution < -0.4 is 10.6 Å². The number of halogens is 4. The van der Waals surface area contributed by atoms with Gasteiger partial charge in [0.05, 0.1) is 21.8 Å². The van der Waals surface area contributed by atoms with Gasteiger partial charge in [0, 0.05) is 36.1 Å². The van der Waals surface area contributed by atoms with Gasteiger partial charge in [-0.2, -0.15) is 13.2 Å². The van der Waals surface area contributed by atoms with E-state index < -0.39 is 17.3 Å². The molecular weight excluding hydrogens is 521 g/mol. The molecule has 1 fully saturated rings. The summed E-state index contributed by atoms with van der Waals surface area (Å²) < 4.78 is 47.4. The molecule has 2 aromatic heterocycles. The van der Waals surface area contributed by atoms with Gasteiger partial charge in [-0.3, -0.25) is 0 Å². The zero-order valence-corrected chi connectivity index (χ0v) is 22.8. The molecule has 1 aromatic carbocycles. The molecular formula is C26H30ClF3N6O2. The second-order valence-electron chi connectivity index (χ2n) is 10.6. The van der Waals surface area contributed by atoms with E-state index in [0.717, 1.165) is 0 Å². The number of piperazine rings is 1. The van der Waals surface area contributed by atoms with Crippen molar-refractivity contribution >= 4 is 40.2 Å². The molecule has 2 atom stereocenters. The van der Waals surface area contributed by atoms with Crippen LogP contribution in [0.1, 0.15) is 45.7 Å². The van der Waals surface area contributed by atoms with Crippen molar-refractivity contribution in [3.8, 4) is 11.3 Å². The third-order valence-electron chi connectivity index (χ3n) is 6.29. The number of hydrogen-bond acceptors (Lipinski definition) is 7. The van der Waals surface area contributed by atoms with Crippen molar-refractivity contribution in [2.24, 2.45) is 0 Å². The van der Waals surface area contributed by atoms with Crippen molar-refractivity contribution in [2.75, 3.05) is 23.7 Å². The molecule has 1 aliphatic rings. The number of benzene rings is 1. The van der Waals surface area contributed by atoms with E-state index in [1.54, 1.807) is 11.0 Å². The summed E-state index contributed by atoms with van der Waals surface area (Å²) in [4.78, 5) is 29.2. The van der Waals surface area contributed by atoms with Crippen LogP contribution in [0.2, 0.25) is 5.02 Å². The average molecular weight is 551 g/mol. The maximum Gasteiger partial charge on any atom is 0.418 e. The highest BCUT2D eigenvalue weighted by atomic mass is 35.5. The lowest BCUT2D eigenvalue weighted by atomic mass is 9.99. The summed E-state index contributed by atoms with van der Waals surface area (Å²) >= 11 is 6.58. The van der Waals surface area contributed by atoms with Crippen molar-refractivity contribution in [1.82, 2.24) is 19.9 Å². The van der Waals surface area contributed by atoms with Crippen LogP contribution in [0.4, 0.5) is 29.6 Å². The predicted molar refractivity (Wildman–Crippen MR) is 141 cm³/mol. The van der Waals surface area contributed by atoms with Gasteiger partial charge < -0.3 is 20.3 Å². The quantitative estimate of drug-likeness (QED) is 0.412. The number of nitrogen functional groups attached to an aromatic ring is 1. The summed E-state index contributed by atoms with van der Waals surface area (Å²) in [5, 5.41) is 0.629. The van der Waals surface area contributed by atoms with E-state index in [4.69, 9.17) is 22.1 Å². The Bertz CT molecular complexity index is 1380. The van der Waals surface area contributed by atoms with Crippen LogP contribution in [0, 0.1) is 6.92 Å². The molecule has 1 saturated heterocycles. The van der Waals surface area contributed by atoms with Crippen LogP contribution in [-0.2, 0) is 10.9 Å². The Hall–Kier alpha value is -3.34. The number of amides is 1. The van der Waals surface area contributed by atoms with Gasteiger partial charge in [-0.05, 0) is 65.3 Å². The van der Waals surface area contributed by atoms with Crippen molar-refractivity contribution in [1.29, 1.82) is 0 Å². The molecule has 204 valence electrons. The first-order chi connectivity index (χ1) is 17.6. The van der Waals surface area contributed by atoms with Gasteiger partial charge in [-0.1, -0.05) is 11.6 Å². The Labute approximate surface area is 224 Å². The highest BCUT2D eigenvalue weighted by molar-refractivity contribution is 6.34. The first kappa shape index (κ1) is 27.7. The number of alkyl halides is 3. The normalized spacial score (nSPS) is 18.7. The first-order valence-electron chi connectivity index (χ1n) is 12.1. The van der Waals surface area contributed by atoms with Crippen molar-refractivity contribution in [3.05, 3.63) is 40.7 Å². The largest absolute Gasteiger partial charge is 0.444 e. The second-order valence-corrected chi connectivity index (χ2v) is 11.0. The number of hydrogen-bond donors (Lipinski definition) is 1. The molecule has 0 aliphatic carbocycles. The monoisotopic (exact) mass is 550 g/mol. The number of fused-ring (bicyclic) bond motifs is 1. The van der Waals surface area contributed by atoms with Gasteiger partial charge in [0.1, 0.15) is 23.6 Å². The average Bonchev–Trinajstić information content (AvgIpc) is 2.75. The lowest BCUT2D eigenvalue weighted by molar-refractivity contribution is -0.137. The van der Waals surface area contributed by atoms with Crippen LogP contribution in [0.5, 0.6) is 0 Å². The standard InChI is InChI=1S/C26H30ClF3N6O2/c1-13-7-20(31)34-22(21(13)26(28,29)30)16-9-19-17(8-18(16)27)23(33-12-32-19)36-14(2)10-35(11-15(36)3)24(37)38-25(4,5)6/h7-9,12,14-15H,10-11H2,1-6H3,(H2,31,34). The number of nitrogens with zero attached hydrogens (tertiary/aromatic N) is 5. The summed E-state index contributed by atoms with van der Waals surface area (Å²) in [6, 6.07) is 3.94. The third kappa shape index (κ3) is 5.43. The fraction of sp³-hybridized carbons (Fsp3) is 0.462. The lowest BCUT2D eigenvalue weighted by Gasteiger charge is -2.45. The molecule has 12 heteroatoms. The zero-order chi connectivity index (χ0) is 28.2. The number of pyridine rings is 1. The predicted octanol–water partition coefficient (Wildman–Crippen LogP) is 6.09. The van der Waals surface area contributed by atoms with Gasteiger partial charge in [0.15, 0.2) is 0 Å². The minimum Gasteiger partial charge on any atom is -0.444 e. The van der Waals surface area contributed by atoms with Crippen molar-refractivity contribution in [3.63, 3.8) is 0 Å². The van der Waals surface area contributed by atoms with Gasteiger partial charge >= 0.3 is 12.3 Å². The number of nitrogens with two attached hydrogens (primary N) is 1. The molecule has 3 aromatic rings. The van der Waals surface area contributed by atoms with Gasteiger partial charge in [0.2, 0.25) is 0 Å². The molecule has 1 aliphatic heterocycles. The maximum absolute atomic E-state index is 14.0. The van der Waals surface area contributed by atoms with Crippen LogP contribution in [0.15, 0.2) is 24.5 Å². The van der Waals surface area contributed by atoms with E-state index >= 15 is 0 Å². The molecule has 2 N–H and O–H groups in total. The summed E-state index contributed by atoms with van der Waals surface area (Å²) in [7, 11) is 0. The van der Waals surface area contributed by atoms with E-state index in [1.165, 1.54) is 25.4 Å². The van der Waals surface area contributed by atoms with E-state index in [1.807, 2.05) is 34.6 Å². The molecule has 8 nitrogen and oxygen atoms in total. The molecule has 0 radical (unpaired) electrons. The van der Waals surface area contributed by atoms with Crippen molar-refractivity contribution in [2.45, 2.75) is 65.4 Å². The van der Waals surface area contributed by atoms with Crippen LogP contribution >= 0.6 is 11.6 Å². The van der Waals surface area contributed by atoms with E-state index in [0.29, 0.717) is 29.8 Å². The molecule has 0 bridgehead atoms. The molecule has 3 heterocycles. The minimum atomic E-state index is -4.66. The summed E-state index contributed by atoms with van der Waals surface area (Å²) in [6.07, 6.45) is -3.69. The Morgan fingerprint density at radius 2 is 1.74 bits per heavy atom. The van der Waals surface area contributed by atoms with Gasteiger partial charge in [0.25, 0.3) is 0 Å². The van der Waals surface area contributed by atoms with Crippen LogP contribution in [0.25, 0.3) is 22.2 Å². The number of ether oxygens (including phenoxy) is 1. The maximum atomic E-state index is 14.0. The van der Waals surface area contributed by atoms with Crippen molar-refractivity contribution < 1.29 is 22.7 Å².